The van der Waals surface area contributed by atoms with Crippen LogP contribution < -0.4 is 4.72 Å². The standard InChI is InChI=1S/C10H17NO3S/c12-15(13,14)11-10-4-7-1-8(5-10)3-9(2-7)6-10/h7-9,11H,1-6H2,(H,12,13,14). The van der Waals surface area contributed by atoms with Gasteiger partial charge in [0.2, 0.25) is 0 Å². The summed E-state index contributed by atoms with van der Waals surface area (Å²) in [6.07, 6.45) is 6.60. The average Bonchev–Trinajstić information content (AvgIpc) is 1.94. The predicted octanol–water partition coefficient (Wildman–Crippen LogP) is 1.35. The number of hydrogen-bond donors (Lipinski definition) is 2. The number of nitrogens with one attached hydrogen (secondary N) is 1. The SMILES string of the molecule is O=S(=O)(O)NC12CC3CC(CC(C3)C1)C2. The van der Waals surface area contributed by atoms with E-state index in [1.807, 2.05) is 0 Å². The van der Waals surface area contributed by atoms with Crippen molar-refractivity contribution >= 4 is 10.3 Å². The third-order valence-corrected chi connectivity index (χ3v) is 5.07. The average molecular weight is 231 g/mol. The van der Waals surface area contributed by atoms with Gasteiger partial charge in [0.1, 0.15) is 0 Å². The summed E-state index contributed by atoms with van der Waals surface area (Å²) in [5.41, 5.74) is -0.303. The van der Waals surface area contributed by atoms with Gasteiger partial charge >= 0.3 is 10.3 Å². The lowest BCUT2D eigenvalue weighted by molar-refractivity contribution is -0.00907. The Balaban J connectivity index is 1.87. The zero-order valence-corrected chi connectivity index (χ0v) is 9.46. The summed E-state index contributed by atoms with van der Waals surface area (Å²) in [7, 11) is -4.04. The fourth-order valence-corrected chi connectivity index (χ4v) is 5.31. The molecule has 4 aliphatic carbocycles. The molecule has 0 heterocycles. The molecule has 5 heteroatoms. The van der Waals surface area contributed by atoms with Crippen molar-refractivity contribution in [1.29, 1.82) is 0 Å². The molecule has 4 rings (SSSR count). The van der Waals surface area contributed by atoms with E-state index in [1.54, 1.807) is 0 Å². The highest BCUT2D eigenvalue weighted by Gasteiger charge is 2.52. The van der Waals surface area contributed by atoms with Gasteiger partial charge in [0.25, 0.3) is 0 Å². The highest BCUT2D eigenvalue weighted by Crippen LogP contribution is 2.55. The van der Waals surface area contributed by atoms with Gasteiger partial charge in [-0.1, -0.05) is 0 Å². The molecule has 0 saturated heterocycles. The minimum absolute atomic E-state index is 0.303. The predicted molar refractivity (Wildman–Crippen MR) is 55.6 cm³/mol. The van der Waals surface area contributed by atoms with E-state index in [4.69, 9.17) is 4.55 Å². The van der Waals surface area contributed by atoms with Crippen LogP contribution in [-0.4, -0.2) is 18.5 Å². The highest BCUT2D eigenvalue weighted by atomic mass is 32.2. The van der Waals surface area contributed by atoms with E-state index in [0.29, 0.717) is 17.8 Å². The summed E-state index contributed by atoms with van der Waals surface area (Å²) in [5.74, 6) is 2.06. The van der Waals surface area contributed by atoms with E-state index in [-0.39, 0.29) is 5.54 Å². The second kappa shape index (κ2) is 2.96. The Morgan fingerprint density at radius 2 is 1.40 bits per heavy atom. The summed E-state index contributed by atoms with van der Waals surface area (Å²) < 4.78 is 33.4. The molecule has 0 atom stereocenters. The summed E-state index contributed by atoms with van der Waals surface area (Å²) in [5, 5.41) is 0. The Kier molecular flexibility index (Phi) is 1.98. The lowest BCUT2D eigenvalue weighted by Gasteiger charge is -2.56. The molecule has 0 aromatic carbocycles. The van der Waals surface area contributed by atoms with Crippen molar-refractivity contribution in [2.24, 2.45) is 17.8 Å². The van der Waals surface area contributed by atoms with Gasteiger partial charge in [0, 0.05) is 5.54 Å². The molecule has 0 aromatic heterocycles. The maximum Gasteiger partial charge on any atom is 0.333 e. The summed E-state index contributed by atoms with van der Waals surface area (Å²) >= 11 is 0. The van der Waals surface area contributed by atoms with E-state index in [2.05, 4.69) is 4.72 Å². The molecule has 15 heavy (non-hydrogen) atoms. The van der Waals surface area contributed by atoms with Gasteiger partial charge in [-0.3, -0.25) is 4.55 Å². The van der Waals surface area contributed by atoms with Crippen molar-refractivity contribution in [3.63, 3.8) is 0 Å². The van der Waals surface area contributed by atoms with Crippen LogP contribution in [-0.2, 0) is 10.3 Å². The molecule has 0 aromatic rings. The smallest absolute Gasteiger partial charge is 0.273 e. The van der Waals surface area contributed by atoms with Crippen LogP contribution in [0.5, 0.6) is 0 Å². The largest absolute Gasteiger partial charge is 0.333 e. The van der Waals surface area contributed by atoms with E-state index >= 15 is 0 Å². The Morgan fingerprint density at radius 1 is 1.00 bits per heavy atom. The van der Waals surface area contributed by atoms with Gasteiger partial charge in [-0.2, -0.15) is 13.1 Å². The Labute approximate surface area is 90.3 Å². The van der Waals surface area contributed by atoms with Crippen LogP contribution >= 0.6 is 0 Å². The second-order valence-electron chi connectivity index (χ2n) is 5.78. The molecule has 0 unspecified atom stereocenters. The molecule has 4 nitrogen and oxygen atoms in total. The quantitative estimate of drug-likeness (QED) is 0.705. The van der Waals surface area contributed by atoms with E-state index < -0.39 is 10.3 Å². The zero-order valence-electron chi connectivity index (χ0n) is 8.65. The van der Waals surface area contributed by atoms with Crippen molar-refractivity contribution in [1.82, 2.24) is 4.72 Å². The van der Waals surface area contributed by atoms with Gasteiger partial charge in [-0.15, -0.1) is 0 Å². The van der Waals surface area contributed by atoms with Gasteiger partial charge in [-0.05, 0) is 56.3 Å². The third kappa shape index (κ3) is 1.81. The van der Waals surface area contributed by atoms with Crippen molar-refractivity contribution in [3.8, 4) is 0 Å². The molecule has 86 valence electrons. The van der Waals surface area contributed by atoms with Crippen molar-refractivity contribution in [2.45, 2.75) is 44.1 Å². The Bertz CT molecular complexity index is 341. The maximum absolute atomic E-state index is 11.0. The second-order valence-corrected chi connectivity index (χ2v) is 6.93. The minimum atomic E-state index is -4.04. The minimum Gasteiger partial charge on any atom is -0.273 e. The van der Waals surface area contributed by atoms with Crippen LogP contribution in [0.15, 0.2) is 0 Å². The fourth-order valence-electron chi connectivity index (χ4n) is 4.51. The Hall–Kier alpha value is -0.130. The summed E-state index contributed by atoms with van der Waals surface area (Å²) in [4.78, 5) is 0. The molecule has 0 spiro atoms. The topological polar surface area (TPSA) is 66.4 Å². The van der Waals surface area contributed by atoms with E-state index in [0.717, 1.165) is 19.3 Å². The van der Waals surface area contributed by atoms with E-state index in [1.165, 1.54) is 19.3 Å². The maximum atomic E-state index is 11.0. The van der Waals surface area contributed by atoms with E-state index in [9.17, 15) is 8.42 Å². The van der Waals surface area contributed by atoms with Gasteiger partial charge < -0.3 is 0 Å². The number of rotatable bonds is 2. The Morgan fingerprint density at radius 3 is 1.73 bits per heavy atom. The van der Waals surface area contributed by atoms with Crippen LogP contribution in [0, 0.1) is 17.8 Å². The zero-order chi connectivity index (χ0) is 10.7. The first-order valence-corrected chi connectivity index (χ1v) is 7.14. The molecule has 4 bridgehead atoms. The highest BCUT2D eigenvalue weighted by molar-refractivity contribution is 7.83. The van der Waals surface area contributed by atoms with Crippen molar-refractivity contribution in [3.05, 3.63) is 0 Å². The van der Waals surface area contributed by atoms with Crippen LogP contribution in [0.2, 0.25) is 0 Å². The molecular formula is C10H17NO3S. The number of hydrogen-bond acceptors (Lipinski definition) is 2. The molecule has 4 saturated carbocycles. The van der Waals surface area contributed by atoms with Crippen LogP contribution in [0.1, 0.15) is 38.5 Å². The van der Waals surface area contributed by atoms with Crippen LogP contribution in [0.4, 0.5) is 0 Å². The summed E-state index contributed by atoms with van der Waals surface area (Å²) in [6, 6.07) is 0. The van der Waals surface area contributed by atoms with Crippen molar-refractivity contribution in [2.75, 3.05) is 0 Å². The molecular weight excluding hydrogens is 214 g/mol. The normalized spacial score (nSPS) is 48.5. The lowest BCUT2D eigenvalue weighted by atomic mass is 9.53. The molecule has 4 aliphatic rings. The molecule has 2 N–H and O–H groups in total. The van der Waals surface area contributed by atoms with Crippen LogP contribution in [0.25, 0.3) is 0 Å². The summed E-state index contributed by atoms with van der Waals surface area (Å²) in [6.45, 7) is 0. The fraction of sp³-hybridized carbons (Fsp3) is 1.00. The third-order valence-electron chi connectivity index (χ3n) is 4.38. The molecule has 0 aliphatic heterocycles. The van der Waals surface area contributed by atoms with Gasteiger partial charge in [0.15, 0.2) is 0 Å². The van der Waals surface area contributed by atoms with Gasteiger partial charge in [-0.25, -0.2) is 0 Å². The first-order valence-electron chi connectivity index (χ1n) is 5.70. The molecule has 4 fully saturated rings. The monoisotopic (exact) mass is 231 g/mol. The first-order chi connectivity index (χ1) is 6.94. The molecule has 0 radical (unpaired) electrons. The first kappa shape index (κ1) is 10.1. The lowest BCUT2D eigenvalue weighted by Crippen LogP contribution is -2.59. The van der Waals surface area contributed by atoms with Crippen LogP contribution in [0.3, 0.4) is 0 Å². The van der Waals surface area contributed by atoms with Crippen molar-refractivity contribution < 1.29 is 13.0 Å². The molecule has 0 amide bonds. The van der Waals surface area contributed by atoms with Gasteiger partial charge in [0.05, 0.1) is 0 Å².